The molecule has 1 aromatic carbocycles. The molecule has 1 N–H and O–H groups in total. The van der Waals surface area contributed by atoms with Crippen LogP contribution in [0.2, 0.25) is 0 Å². The van der Waals surface area contributed by atoms with Crippen LogP contribution in [0.15, 0.2) is 34.0 Å². The fourth-order valence-corrected chi connectivity index (χ4v) is 5.95. The van der Waals surface area contributed by atoms with Crippen LogP contribution < -0.4 is 5.56 Å². The molecular formula is C23H27N3O5S. The van der Waals surface area contributed by atoms with Gasteiger partial charge >= 0.3 is 0 Å². The van der Waals surface area contributed by atoms with Crippen molar-refractivity contribution >= 4 is 26.8 Å². The van der Waals surface area contributed by atoms with Gasteiger partial charge in [0.15, 0.2) is 0 Å². The maximum atomic E-state index is 13.6. The number of aromatic nitrogens is 1. The summed E-state index contributed by atoms with van der Waals surface area (Å²) in [5, 5.41) is 0.391. The zero-order valence-electron chi connectivity index (χ0n) is 17.9. The van der Waals surface area contributed by atoms with Crippen LogP contribution in [-0.4, -0.2) is 67.4 Å². The molecule has 0 radical (unpaired) electrons. The molecule has 0 spiro atoms. The number of hydrogen-bond donors (Lipinski definition) is 1. The van der Waals surface area contributed by atoms with E-state index in [0.717, 1.165) is 32.1 Å². The number of fused-ring (bicyclic) bond motifs is 1. The number of H-pyrrole nitrogens is 1. The number of carbonyl (C=O) groups excluding carboxylic acids is 1. The Bertz CT molecular complexity index is 1200. The summed E-state index contributed by atoms with van der Waals surface area (Å²) in [7, 11) is -3.75. The van der Waals surface area contributed by atoms with Crippen LogP contribution >= 0.6 is 0 Å². The summed E-state index contributed by atoms with van der Waals surface area (Å²) >= 11 is 0. The van der Waals surface area contributed by atoms with Crippen molar-refractivity contribution in [3.05, 3.63) is 40.2 Å². The van der Waals surface area contributed by atoms with Crippen molar-refractivity contribution in [2.45, 2.75) is 43.0 Å². The highest BCUT2D eigenvalue weighted by Crippen LogP contribution is 2.27. The van der Waals surface area contributed by atoms with Gasteiger partial charge in [0, 0.05) is 36.1 Å². The smallest absolute Gasteiger partial charge is 0.255 e. The largest absolute Gasteiger partial charge is 0.379 e. The monoisotopic (exact) mass is 457 g/mol. The molecule has 1 aliphatic carbocycles. The molecule has 0 atom stereocenters. The molecule has 8 nitrogen and oxygen atoms in total. The van der Waals surface area contributed by atoms with E-state index in [4.69, 9.17) is 11.2 Å². The molecule has 1 amide bonds. The predicted octanol–water partition coefficient (Wildman–Crippen LogP) is 1.96. The van der Waals surface area contributed by atoms with E-state index in [1.54, 1.807) is 4.90 Å². The number of hydrogen-bond acceptors (Lipinski definition) is 5. The molecule has 9 heteroatoms. The summed E-state index contributed by atoms with van der Waals surface area (Å²) in [6.45, 7) is 1.37. The minimum absolute atomic E-state index is 0.0157. The highest BCUT2D eigenvalue weighted by molar-refractivity contribution is 7.89. The number of ether oxygens (including phenoxy) is 1. The number of amides is 1. The van der Waals surface area contributed by atoms with Crippen LogP contribution in [0.1, 0.15) is 42.5 Å². The quantitative estimate of drug-likeness (QED) is 0.692. The average Bonchev–Trinajstić information content (AvgIpc) is 2.82. The highest BCUT2D eigenvalue weighted by atomic mass is 32.2. The Morgan fingerprint density at radius 2 is 1.91 bits per heavy atom. The lowest BCUT2D eigenvalue weighted by Gasteiger charge is -2.33. The summed E-state index contributed by atoms with van der Waals surface area (Å²) in [4.78, 5) is 30.3. The second kappa shape index (κ2) is 9.45. The van der Waals surface area contributed by atoms with Gasteiger partial charge in [0.1, 0.15) is 0 Å². The van der Waals surface area contributed by atoms with Gasteiger partial charge < -0.3 is 14.6 Å². The number of rotatable bonds is 5. The molecule has 32 heavy (non-hydrogen) atoms. The topological polar surface area (TPSA) is 99.8 Å². The minimum Gasteiger partial charge on any atom is -0.379 e. The zero-order valence-corrected chi connectivity index (χ0v) is 18.7. The van der Waals surface area contributed by atoms with Crippen molar-refractivity contribution in [3.8, 4) is 12.3 Å². The molecule has 1 saturated heterocycles. The number of nitrogens with one attached hydrogen (secondary N) is 1. The zero-order chi connectivity index (χ0) is 22.7. The maximum absolute atomic E-state index is 13.6. The van der Waals surface area contributed by atoms with E-state index >= 15 is 0 Å². The lowest BCUT2D eigenvalue weighted by atomic mass is 9.93. The molecule has 2 fully saturated rings. The van der Waals surface area contributed by atoms with Gasteiger partial charge in [-0.3, -0.25) is 9.59 Å². The normalized spacial score (nSPS) is 18.3. The van der Waals surface area contributed by atoms with Gasteiger partial charge in [-0.15, -0.1) is 6.42 Å². The Morgan fingerprint density at radius 1 is 1.19 bits per heavy atom. The van der Waals surface area contributed by atoms with Gasteiger partial charge in [-0.05, 0) is 31.0 Å². The van der Waals surface area contributed by atoms with E-state index in [0.29, 0.717) is 24.1 Å². The number of pyridine rings is 1. The minimum atomic E-state index is -3.75. The number of nitrogens with zero attached hydrogens (tertiary/aromatic N) is 2. The molecular weight excluding hydrogens is 430 g/mol. The summed E-state index contributed by atoms with van der Waals surface area (Å²) in [5.74, 6) is 2.22. The fraction of sp³-hybridized carbons (Fsp3) is 0.478. The van der Waals surface area contributed by atoms with Crippen LogP contribution in [0.4, 0.5) is 0 Å². The maximum Gasteiger partial charge on any atom is 0.255 e. The van der Waals surface area contributed by atoms with Crippen molar-refractivity contribution in [2.75, 3.05) is 32.8 Å². The van der Waals surface area contributed by atoms with Crippen molar-refractivity contribution in [1.82, 2.24) is 14.2 Å². The predicted molar refractivity (Wildman–Crippen MR) is 121 cm³/mol. The Hall–Kier alpha value is -2.67. The van der Waals surface area contributed by atoms with Gasteiger partial charge in [0.05, 0.1) is 30.2 Å². The van der Waals surface area contributed by atoms with E-state index in [2.05, 4.69) is 10.9 Å². The van der Waals surface area contributed by atoms with E-state index in [-0.39, 0.29) is 42.0 Å². The molecule has 0 unspecified atom stereocenters. The van der Waals surface area contributed by atoms with Gasteiger partial charge in [-0.1, -0.05) is 25.2 Å². The second-order valence-electron chi connectivity index (χ2n) is 8.20. The molecule has 170 valence electrons. The Labute approximate surface area is 187 Å². The van der Waals surface area contributed by atoms with Crippen LogP contribution in [0.25, 0.3) is 10.9 Å². The molecule has 0 bridgehead atoms. The molecule has 1 aromatic heterocycles. The lowest BCUT2D eigenvalue weighted by Crippen LogP contribution is -2.42. The number of carbonyl (C=O) groups is 1. The highest BCUT2D eigenvalue weighted by Gasteiger charge is 2.29. The van der Waals surface area contributed by atoms with E-state index in [1.165, 1.54) is 28.6 Å². The Kier molecular flexibility index (Phi) is 6.65. The first-order chi connectivity index (χ1) is 15.4. The first-order valence-corrected chi connectivity index (χ1v) is 12.4. The van der Waals surface area contributed by atoms with Gasteiger partial charge in [-0.2, -0.15) is 4.31 Å². The third-order valence-electron chi connectivity index (χ3n) is 6.19. The van der Waals surface area contributed by atoms with E-state index < -0.39 is 15.6 Å². The van der Waals surface area contributed by atoms with Gasteiger partial charge in [0.2, 0.25) is 15.6 Å². The van der Waals surface area contributed by atoms with Crippen molar-refractivity contribution in [1.29, 1.82) is 0 Å². The molecule has 1 aliphatic heterocycles. The third kappa shape index (κ3) is 4.44. The van der Waals surface area contributed by atoms with Crippen molar-refractivity contribution in [3.63, 3.8) is 0 Å². The van der Waals surface area contributed by atoms with Crippen LogP contribution in [0.3, 0.4) is 0 Å². The van der Waals surface area contributed by atoms with Crippen LogP contribution in [-0.2, 0) is 14.8 Å². The molecule has 2 aromatic rings. The summed E-state index contributed by atoms with van der Waals surface area (Å²) in [5.41, 5.74) is 0.156. The SMILES string of the molecule is C#CCN(C(=O)c1cc(=O)[nH]c2ccc(S(=O)(=O)N3CCOCC3)cc12)C1CCCCC1. The van der Waals surface area contributed by atoms with E-state index in [1.807, 2.05) is 0 Å². The summed E-state index contributed by atoms with van der Waals surface area (Å²) < 4.78 is 32.9. The summed E-state index contributed by atoms with van der Waals surface area (Å²) in [6.07, 6.45) is 10.5. The number of aromatic amines is 1. The standard InChI is InChI=1S/C23H27N3O5S/c1-2-10-26(17-6-4-3-5-7-17)23(28)20-16-22(27)24-21-9-8-18(15-19(20)21)32(29,30)25-11-13-31-14-12-25/h1,8-9,15-17H,3-7,10-14H2,(H,24,27). The Balaban J connectivity index is 1.78. The summed E-state index contributed by atoms with van der Waals surface area (Å²) in [6, 6.07) is 5.72. The average molecular weight is 458 g/mol. The van der Waals surface area contributed by atoms with Gasteiger partial charge in [-0.25, -0.2) is 8.42 Å². The molecule has 2 heterocycles. The number of benzene rings is 1. The lowest BCUT2D eigenvalue weighted by molar-refractivity contribution is 0.0669. The Morgan fingerprint density at radius 3 is 2.59 bits per heavy atom. The fourth-order valence-electron chi connectivity index (χ4n) is 4.52. The van der Waals surface area contributed by atoms with Crippen molar-refractivity contribution in [2.24, 2.45) is 0 Å². The number of morpholine rings is 1. The van der Waals surface area contributed by atoms with Crippen LogP contribution in [0, 0.1) is 12.3 Å². The van der Waals surface area contributed by atoms with Crippen molar-refractivity contribution < 1.29 is 17.9 Å². The first kappa shape index (κ1) is 22.5. The van der Waals surface area contributed by atoms with Gasteiger partial charge in [0.25, 0.3) is 5.91 Å². The molecule has 1 saturated carbocycles. The van der Waals surface area contributed by atoms with Crippen LogP contribution in [0.5, 0.6) is 0 Å². The molecule has 2 aliphatic rings. The number of terminal acetylenes is 1. The third-order valence-corrected chi connectivity index (χ3v) is 8.09. The second-order valence-corrected chi connectivity index (χ2v) is 10.1. The first-order valence-electron chi connectivity index (χ1n) is 10.9. The molecule has 4 rings (SSSR count). The van der Waals surface area contributed by atoms with E-state index in [9.17, 15) is 18.0 Å². The number of sulfonamides is 1.